The largest absolute Gasteiger partial charge is 0.384 e. The summed E-state index contributed by atoms with van der Waals surface area (Å²) in [5.41, 5.74) is 1.15. The third kappa shape index (κ3) is 4.61. The van der Waals surface area contributed by atoms with E-state index in [1.807, 2.05) is 13.0 Å². The van der Waals surface area contributed by atoms with E-state index in [2.05, 4.69) is 10.3 Å². The zero-order valence-electron chi connectivity index (χ0n) is 12.9. The van der Waals surface area contributed by atoms with Gasteiger partial charge in [0.2, 0.25) is 0 Å². The number of nitrogens with one attached hydrogen (secondary N) is 1. The van der Waals surface area contributed by atoms with Crippen molar-refractivity contribution in [1.82, 2.24) is 4.98 Å². The quantitative estimate of drug-likeness (QED) is 0.874. The Bertz CT molecular complexity index is 786. The van der Waals surface area contributed by atoms with E-state index in [0.717, 1.165) is 5.69 Å². The molecule has 0 unspecified atom stereocenters. The van der Waals surface area contributed by atoms with E-state index in [9.17, 15) is 13.2 Å². The lowest BCUT2D eigenvalue weighted by atomic mass is 10.2. The molecule has 0 saturated heterocycles. The van der Waals surface area contributed by atoms with Crippen LogP contribution in [0.5, 0.6) is 0 Å². The molecule has 0 saturated carbocycles. The van der Waals surface area contributed by atoms with Crippen LogP contribution in [0.4, 0.5) is 5.82 Å². The molecule has 2 aromatic rings. The molecule has 0 fully saturated rings. The number of carbonyl (C=O) groups is 1. The Morgan fingerprint density at radius 3 is 2.48 bits per heavy atom. The van der Waals surface area contributed by atoms with Crippen molar-refractivity contribution in [1.29, 1.82) is 0 Å². The van der Waals surface area contributed by atoms with Gasteiger partial charge >= 0.3 is 0 Å². The first-order valence-electron chi connectivity index (χ1n) is 6.99. The molecule has 23 heavy (non-hydrogen) atoms. The van der Waals surface area contributed by atoms with E-state index in [1.165, 1.54) is 31.4 Å². The topological polar surface area (TPSA) is 85.4 Å². The van der Waals surface area contributed by atoms with Crippen molar-refractivity contribution >= 4 is 21.6 Å². The van der Waals surface area contributed by atoms with Gasteiger partial charge in [0.05, 0.1) is 17.3 Å². The number of methoxy groups -OCH3 is 1. The molecule has 0 spiro atoms. The lowest BCUT2D eigenvalue weighted by Gasteiger charge is -2.07. The van der Waals surface area contributed by atoms with Gasteiger partial charge in [-0.2, -0.15) is 0 Å². The van der Waals surface area contributed by atoms with E-state index in [0.29, 0.717) is 11.4 Å². The van der Waals surface area contributed by atoms with Crippen LogP contribution < -0.4 is 5.32 Å². The highest BCUT2D eigenvalue weighted by atomic mass is 32.2. The minimum absolute atomic E-state index is 0.0950. The number of rotatable bonds is 6. The Labute approximate surface area is 135 Å². The van der Waals surface area contributed by atoms with Gasteiger partial charge in [-0.1, -0.05) is 6.07 Å². The highest BCUT2D eigenvalue weighted by Crippen LogP contribution is 2.14. The number of sulfone groups is 1. The van der Waals surface area contributed by atoms with Gasteiger partial charge in [0.15, 0.2) is 9.84 Å². The molecule has 1 heterocycles. The number of aromatic nitrogens is 1. The predicted molar refractivity (Wildman–Crippen MR) is 87.3 cm³/mol. The third-order valence-corrected chi connectivity index (χ3v) is 4.86. The summed E-state index contributed by atoms with van der Waals surface area (Å²) < 4.78 is 28.8. The van der Waals surface area contributed by atoms with Gasteiger partial charge in [0, 0.05) is 18.4 Å². The summed E-state index contributed by atoms with van der Waals surface area (Å²) in [7, 11) is -1.95. The van der Waals surface area contributed by atoms with E-state index < -0.39 is 9.84 Å². The van der Waals surface area contributed by atoms with Crippen LogP contribution in [-0.2, 0) is 14.6 Å². The summed E-state index contributed by atoms with van der Waals surface area (Å²) in [4.78, 5) is 16.5. The molecule has 1 N–H and O–H groups in total. The first-order valence-corrected chi connectivity index (χ1v) is 8.64. The second kappa shape index (κ2) is 7.34. The van der Waals surface area contributed by atoms with Crippen LogP contribution in [0.1, 0.15) is 16.1 Å². The minimum atomic E-state index is -3.40. The van der Waals surface area contributed by atoms with Crippen molar-refractivity contribution in [2.24, 2.45) is 0 Å². The molecule has 0 radical (unpaired) electrons. The number of hydrogen-bond donors (Lipinski definition) is 1. The number of carbonyl (C=O) groups excluding carboxylic acids is 1. The van der Waals surface area contributed by atoms with Gasteiger partial charge in [-0.25, -0.2) is 13.4 Å². The van der Waals surface area contributed by atoms with Gasteiger partial charge in [-0.3, -0.25) is 4.79 Å². The molecule has 1 amide bonds. The monoisotopic (exact) mass is 334 g/mol. The highest BCUT2D eigenvalue weighted by molar-refractivity contribution is 7.91. The van der Waals surface area contributed by atoms with Gasteiger partial charge < -0.3 is 10.1 Å². The van der Waals surface area contributed by atoms with Crippen molar-refractivity contribution < 1.29 is 17.9 Å². The Balaban J connectivity index is 2.11. The van der Waals surface area contributed by atoms with Crippen molar-refractivity contribution in [2.75, 3.05) is 24.8 Å². The van der Waals surface area contributed by atoms with Crippen molar-refractivity contribution in [3.8, 4) is 0 Å². The van der Waals surface area contributed by atoms with Crippen LogP contribution in [0, 0.1) is 6.92 Å². The summed E-state index contributed by atoms with van der Waals surface area (Å²) in [6, 6.07) is 11.1. The summed E-state index contributed by atoms with van der Waals surface area (Å²) in [6.07, 6.45) is 0. The van der Waals surface area contributed by atoms with E-state index in [1.54, 1.807) is 12.1 Å². The molecule has 6 nitrogen and oxygen atoms in total. The number of pyridine rings is 1. The van der Waals surface area contributed by atoms with Gasteiger partial charge in [0.1, 0.15) is 5.82 Å². The summed E-state index contributed by atoms with van der Waals surface area (Å²) in [5, 5.41) is 2.67. The molecule has 0 aliphatic heterocycles. The summed E-state index contributed by atoms with van der Waals surface area (Å²) in [6.45, 7) is 1.96. The molecule has 7 heteroatoms. The highest BCUT2D eigenvalue weighted by Gasteiger charge is 2.15. The van der Waals surface area contributed by atoms with Crippen LogP contribution in [0.25, 0.3) is 0 Å². The SMILES string of the molecule is COCCS(=O)(=O)c1ccc(C(=O)Nc2cccc(C)n2)cc1. The third-order valence-electron chi connectivity index (χ3n) is 3.16. The van der Waals surface area contributed by atoms with Crippen LogP contribution in [0.15, 0.2) is 47.4 Å². The predicted octanol–water partition coefficient (Wildman–Crippen LogP) is 2.06. The molecule has 0 aliphatic carbocycles. The van der Waals surface area contributed by atoms with Crippen LogP contribution in [0.2, 0.25) is 0 Å². The Kier molecular flexibility index (Phi) is 5.46. The zero-order chi connectivity index (χ0) is 16.9. The number of ether oxygens (including phenoxy) is 1. The van der Waals surface area contributed by atoms with Crippen LogP contribution >= 0.6 is 0 Å². The second-order valence-electron chi connectivity index (χ2n) is 4.95. The van der Waals surface area contributed by atoms with E-state index in [-0.39, 0.29) is 23.2 Å². The summed E-state index contributed by atoms with van der Waals surface area (Å²) in [5.74, 6) is 0.0122. The Hall–Kier alpha value is -2.25. The summed E-state index contributed by atoms with van der Waals surface area (Å²) >= 11 is 0. The van der Waals surface area contributed by atoms with Crippen LogP contribution in [-0.4, -0.2) is 38.8 Å². The smallest absolute Gasteiger partial charge is 0.256 e. The number of aryl methyl sites for hydroxylation is 1. The lowest BCUT2D eigenvalue weighted by Crippen LogP contribution is -2.14. The average molecular weight is 334 g/mol. The fourth-order valence-corrected chi connectivity index (χ4v) is 3.10. The van der Waals surface area contributed by atoms with Crippen LogP contribution in [0.3, 0.4) is 0 Å². The molecule has 122 valence electrons. The first kappa shape index (κ1) is 17.1. The maximum Gasteiger partial charge on any atom is 0.256 e. The van der Waals surface area contributed by atoms with Crippen molar-refractivity contribution in [3.63, 3.8) is 0 Å². The fraction of sp³-hybridized carbons (Fsp3) is 0.250. The number of anilines is 1. The Morgan fingerprint density at radius 2 is 1.87 bits per heavy atom. The lowest BCUT2D eigenvalue weighted by molar-refractivity contribution is 0.102. The number of benzene rings is 1. The first-order chi connectivity index (χ1) is 10.9. The van der Waals surface area contributed by atoms with Crippen molar-refractivity contribution in [3.05, 3.63) is 53.7 Å². The molecule has 0 atom stereocenters. The van der Waals surface area contributed by atoms with Gasteiger partial charge in [-0.05, 0) is 43.3 Å². The number of amides is 1. The second-order valence-corrected chi connectivity index (χ2v) is 7.06. The van der Waals surface area contributed by atoms with E-state index >= 15 is 0 Å². The number of nitrogens with zero attached hydrogens (tertiary/aromatic N) is 1. The maximum atomic E-state index is 12.1. The van der Waals surface area contributed by atoms with Gasteiger partial charge in [0.25, 0.3) is 5.91 Å². The minimum Gasteiger partial charge on any atom is -0.384 e. The Morgan fingerprint density at radius 1 is 1.17 bits per heavy atom. The molecule has 1 aromatic heterocycles. The molecular weight excluding hydrogens is 316 g/mol. The molecular formula is C16H18N2O4S. The standard InChI is InChI=1S/C16H18N2O4S/c1-12-4-3-5-15(17-12)18-16(19)13-6-8-14(9-7-13)23(20,21)11-10-22-2/h3-9H,10-11H2,1-2H3,(H,17,18,19). The molecule has 1 aromatic carbocycles. The number of hydrogen-bond acceptors (Lipinski definition) is 5. The fourth-order valence-electron chi connectivity index (χ4n) is 1.93. The van der Waals surface area contributed by atoms with E-state index in [4.69, 9.17) is 4.74 Å². The maximum absolute atomic E-state index is 12.1. The molecule has 0 aliphatic rings. The molecule has 2 rings (SSSR count). The average Bonchev–Trinajstić information content (AvgIpc) is 2.53. The van der Waals surface area contributed by atoms with Gasteiger partial charge in [-0.15, -0.1) is 0 Å². The normalized spacial score (nSPS) is 11.2. The molecule has 0 bridgehead atoms. The zero-order valence-corrected chi connectivity index (χ0v) is 13.8. The van der Waals surface area contributed by atoms with Crippen molar-refractivity contribution in [2.45, 2.75) is 11.8 Å².